The number of hydrogen-bond donors (Lipinski definition) is 2. The zero-order chi connectivity index (χ0) is 14.4. The van der Waals surface area contributed by atoms with Gasteiger partial charge in [0.25, 0.3) is 0 Å². The van der Waals surface area contributed by atoms with E-state index >= 15 is 0 Å². The first-order valence-corrected chi connectivity index (χ1v) is 7.39. The summed E-state index contributed by atoms with van der Waals surface area (Å²) in [5.41, 5.74) is 5.92. The van der Waals surface area contributed by atoms with Crippen molar-refractivity contribution >= 4 is 11.6 Å². The van der Waals surface area contributed by atoms with Crippen molar-refractivity contribution in [3.05, 3.63) is 24.3 Å². The number of hydrogen-bond acceptors (Lipinski definition) is 3. The Kier molecular flexibility index (Phi) is 4.88. The van der Waals surface area contributed by atoms with Crippen molar-refractivity contribution in [1.29, 1.82) is 0 Å². The number of amides is 1. The van der Waals surface area contributed by atoms with Gasteiger partial charge in [0.1, 0.15) is 11.3 Å². The zero-order valence-electron chi connectivity index (χ0n) is 12.2. The van der Waals surface area contributed by atoms with Gasteiger partial charge in [0.05, 0.1) is 12.8 Å². The second-order valence-corrected chi connectivity index (χ2v) is 5.54. The topological polar surface area (TPSA) is 64.3 Å². The van der Waals surface area contributed by atoms with Crippen molar-refractivity contribution in [1.82, 2.24) is 0 Å². The number of methoxy groups -OCH3 is 1. The van der Waals surface area contributed by atoms with Gasteiger partial charge >= 0.3 is 0 Å². The van der Waals surface area contributed by atoms with E-state index in [1.807, 2.05) is 24.3 Å². The third-order valence-corrected chi connectivity index (χ3v) is 4.16. The maximum Gasteiger partial charge on any atom is 0.243 e. The Morgan fingerprint density at radius 3 is 2.35 bits per heavy atom. The third kappa shape index (κ3) is 3.24. The van der Waals surface area contributed by atoms with Gasteiger partial charge < -0.3 is 15.8 Å². The Hall–Kier alpha value is -1.71. The normalized spacial score (nSPS) is 18.6. The highest BCUT2D eigenvalue weighted by atomic mass is 16.5. The molecule has 1 aromatic carbocycles. The quantitative estimate of drug-likeness (QED) is 0.888. The van der Waals surface area contributed by atoms with E-state index in [2.05, 4.69) is 5.32 Å². The van der Waals surface area contributed by atoms with Crippen LogP contribution in [0.15, 0.2) is 24.3 Å². The van der Waals surface area contributed by atoms with Gasteiger partial charge in [-0.1, -0.05) is 44.2 Å². The average molecular weight is 276 g/mol. The van der Waals surface area contributed by atoms with Gasteiger partial charge in [0.15, 0.2) is 0 Å². The fraction of sp³-hybridized carbons (Fsp3) is 0.562. The molecule has 4 nitrogen and oxygen atoms in total. The van der Waals surface area contributed by atoms with E-state index in [1.165, 1.54) is 19.3 Å². The first kappa shape index (κ1) is 14.7. The Balaban J connectivity index is 2.25. The molecule has 2 rings (SSSR count). The van der Waals surface area contributed by atoms with Crippen molar-refractivity contribution in [3.63, 3.8) is 0 Å². The van der Waals surface area contributed by atoms with Crippen LogP contribution in [0.2, 0.25) is 0 Å². The largest absolute Gasteiger partial charge is 0.495 e. The lowest BCUT2D eigenvalue weighted by Gasteiger charge is -2.34. The van der Waals surface area contributed by atoms with Crippen LogP contribution < -0.4 is 15.8 Å². The summed E-state index contributed by atoms with van der Waals surface area (Å²) < 4.78 is 5.35. The monoisotopic (exact) mass is 276 g/mol. The second-order valence-electron chi connectivity index (χ2n) is 5.54. The summed E-state index contributed by atoms with van der Waals surface area (Å²) in [4.78, 5) is 12.1. The molecule has 1 fully saturated rings. The highest BCUT2D eigenvalue weighted by Crippen LogP contribution is 2.33. The lowest BCUT2D eigenvalue weighted by molar-refractivity contribution is -0.123. The lowest BCUT2D eigenvalue weighted by Crippen LogP contribution is -2.50. The van der Waals surface area contributed by atoms with Crippen LogP contribution in [-0.4, -0.2) is 18.6 Å². The molecule has 0 saturated heterocycles. The van der Waals surface area contributed by atoms with Gasteiger partial charge in [-0.2, -0.15) is 0 Å². The highest BCUT2D eigenvalue weighted by molar-refractivity contribution is 5.88. The maximum atomic E-state index is 12.1. The summed E-state index contributed by atoms with van der Waals surface area (Å²) in [5.74, 6) is 0.487. The number of primary amides is 1. The smallest absolute Gasteiger partial charge is 0.243 e. The van der Waals surface area contributed by atoms with Crippen LogP contribution in [0.4, 0.5) is 5.69 Å². The summed E-state index contributed by atoms with van der Waals surface area (Å²) in [6.45, 7) is 0. The molecule has 20 heavy (non-hydrogen) atoms. The van der Waals surface area contributed by atoms with Crippen LogP contribution in [0, 0.1) is 0 Å². The molecule has 0 unspecified atom stereocenters. The predicted octanol–water partition coefficient (Wildman–Crippen LogP) is 3.08. The van der Waals surface area contributed by atoms with Crippen LogP contribution in [0.1, 0.15) is 44.9 Å². The molecule has 3 N–H and O–H groups in total. The average Bonchev–Trinajstić information content (AvgIpc) is 2.42. The molecule has 0 aliphatic heterocycles. The number of carbonyl (C=O) groups is 1. The highest BCUT2D eigenvalue weighted by Gasteiger charge is 2.36. The van der Waals surface area contributed by atoms with Crippen molar-refractivity contribution in [2.75, 3.05) is 12.4 Å². The molecule has 1 saturated carbocycles. The molecule has 0 radical (unpaired) electrons. The van der Waals surface area contributed by atoms with Crippen molar-refractivity contribution in [2.45, 2.75) is 50.5 Å². The van der Waals surface area contributed by atoms with E-state index in [0.717, 1.165) is 37.1 Å². The molecular formula is C16H24N2O2. The number of para-hydroxylation sites is 2. The van der Waals surface area contributed by atoms with Crippen LogP contribution in [0.5, 0.6) is 5.75 Å². The van der Waals surface area contributed by atoms with Crippen LogP contribution >= 0.6 is 0 Å². The molecule has 0 aromatic heterocycles. The number of nitrogens with one attached hydrogen (secondary N) is 1. The number of rotatable bonds is 4. The molecule has 0 spiro atoms. The van der Waals surface area contributed by atoms with E-state index in [1.54, 1.807) is 7.11 Å². The van der Waals surface area contributed by atoms with Crippen LogP contribution in [-0.2, 0) is 4.79 Å². The molecular weight excluding hydrogens is 252 g/mol. The van der Waals surface area contributed by atoms with Gasteiger partial charge in [-0.05, 0) is 25.0 Å². The Morgan fingerprint density at radius 2 is 1.75 bits per heavy atom. The number of carbonyl (C=O) groups excluding carboxylic acids is 1. The molecule has 1 aromatic rings. The van der Waals surface area contributed by atoms with Crippen molar-refractivity contribution in [2.24, 2.45) is 5.73 Å². The fourth-order valence-electron chi connectivity index (χ4n) is 2.95. The lowest BCUT2D eigenvalue weighted by atomic mass is 9.83. The Bertz CT molecular complexity index is 452. The molecule has 1 amide bonds. The minimum Gasteiger partial charge on any atom is -0.495 e. The van der Waals surface area contributed by atoms with Gasteiger partial charge in [-0.25, -0.2) is 0 Å². The molecule has 0 atom stereocenters. The van der Waals surface area contributed by atoms with E-state index in [0.29, 0.717) is 0 Å². The van der Waals surface area contributed by atoms with Crippen molar-refractivity contribution < 1.29 is 9.53 Å². The maximum absolute atomic E-state index is 12.1. The number of anilines is 1. The molecule has 4 heteroatoms. The molecule has 1 aliphatic carbocycles. The zero-order valence-corrected chi connectivity index (χ0v) is 12.2. The van der Waals surface area contributed by atoms with E-state index in [9.17, 15) is 4.79 Å². The summed E-state index contributed by atoms with van der Waals surface area (Å²) >= 11 is 0. The van der Waals surface area contributed by atoms with E-state index in [-0.39, 0.29) is 5.91 Å². The van der Waals surface area contributed by atoms with Gasteiger partial charge in [0, 0.05) is 0 Å². The number of nitrogens with two attached hydrogens (primary N) is 1. The second kappa shape index (κ2) is 6.64. The Labute approximate surface area is 120 Å². The van der Waals surface area contributed by atoms with Crippen LogP contribution in [0.3, 0.4) is 0 Å². The summed E-state index contributed by atoms with van der Waals surface area (Å²) in [5, 5.41) is 3.38. The summed E-state index contributed by atoms with van der Waals surface area (Å²) in [6.07, 6.45) is 7.24. The first-order chi connectivity index (χ1) is 9.68. The standard InChI is InChI=1S/C16H24N2O2/c1-20-14-10-6-5-9-13(14)18-16(15(17)19)11-7-3-2-4-8-12-16/h5-6,9-10,18H,2-4,7-8,11-12H2,1H3,(H2,17,19). The van der Waals surface area contributed by atoms with Gasteiger partial charge in [0.2, 0.25) is 5.91 Å². The van der Waals surface area contributed by atoms with Crippen LogP contribution in [0.25, 0.3) is 0 Å². The molecule has 1 aliphatic rings. The molecule has 0 bridgehead atoms. The first-order valence-electron chi connectivity index (χ1n) is 7.39. The summed E-state index contributed by atoms with van der Waals surface area (Å²) in [7, 11) is 1.63. The predicted molar refractivity (Wildman–Crippen MR) is 80.9 cm³/mol. The van der Waals surface area contributed by atoms with Gasteiger partial charge in [-0.3, -0.25) is 4.79 Å². The van der Waals surface area contributed by atoms with E-state index < -0.39 is 5.54 Å². The molecule has 0 heterocycles. The molecule has 110 valence electrons. The Morgan fingerprint density at radius 1 is 1.15 bits per heavy atom. The third-order valence-electron chi connectivity index (χ3n) is 4.16. The van der Waals surface area contributed by atoms with E-state index in [4.69, 9.17) is 10.5 Å². The summed E-state index contributed by atoms with van der Waals surface area (Å²) in [6, 6.07) is 7.67. The minimum absolute atomic E-state index is 0.259. The van der Waals surface area contributed by atoms with Crippen molar-refractivity contribution in [3.8, 4) is 5.75 Å². The fourth-order valence-corrected chi connectivity index (χ4v) is 2.95. The van der Waals surface area contributed by atoms with Gasteiger partial charge in [-0.15, -0.1) is 0 Å². The SMILES string of the molecule is COc1ccccc1NC1(C(N)=O)CCCCCCC1. The number of ether oxygens (including phenoxy) is 1. The number of benzene rings is 1. The minimum atomic E-state index is -0.644.